The highest BCUT2D eigenvalue weighted by Crippen LogP contribution is 2.20. The van der Waals surface area contributed by atoms with Gasteiger partial charge in [-0.25, -0.2) is 28.6 Å². The molecule has 1 unspecified atom stereocenters. The Labute approximate surface area is 258 Å². The summed E-state index contributed by atoms with van der Waals surface area (Å²) in [5.41, 5.74) is 9.08. The van der Waals surface area contributed by atoms with Gasteiger partial charge < -0.3 is 10.1 Å². The van der Waals surface area contributed by atoms with Gasteiger partial charge in [0, 0.05) is 13.8 Å². The molecule has 10 heteroatoms. The quantitative estimate of drug-likeness (QED) is 0.116. The Morgan fingerprint density at radius 1 is 1.00 bits per heavy atom. The van der Waals surface area contributed by atoms with Gasteiger partial charge in [-0.3, -0.25) is 4.98 Å². The summed E-state index contributed by atoms with van der Waals surface area (Å²) in [6, 6.07) is 0. The van der Waals surface area contributed by atoms with Crippen molar-refractivity contribution in [2.45, 2.75) is 75.0 Å². The van der Waals surface area contributed by atoms with E-state index in [0.29, 0.717) is 28.7 Å². The van der Waals surface area contributed by atoms with Crippen molar-refractivity contribution in [1.82, 2.24) is 25.3 Å². The number of ketones is 2. The lowest BCUT2D eigenvalue weighted by Gasteiger charge is -2.19. The van der Waals surface area contributed by atoms with Crippen LogP contribution in [0.3, 0.4) is 0 Å². The number of aryl methyl sites for hydroxylation is 5. The van der Waals surface area contributed by atoms with Gasteiger partial charge in [-0.05, 0) is 54.5 Å². The number of aliphatic imine (C=N–C) groups is 1. The van der Waals surface area contributed by atoms with Gasteiger partial charge in [-0.1, -0.05) is 12.7 Å². The number of aromatic nitrogens is 4. The Balaban J connectivity index is 1.69. The maximum Gasteiger partial charge on any atom is 0.449 e. The van der Waals surface area contributed by atoms with Crippen molar-refractivity contribution in [3.63, 3.8) is 0 Å². The molecule has 10 nitrogen and oxygen atoms in total. The first-order valence-electron chi connectivity index (χ1n) is 14.4. The van der Waals surface area contributed by atoms with Crippen LogP contribution in [0, 0.1) is 41.0 Å². The zero-order valence-electron chi connectivity index (χ0n) is 26.8. The van der Waals surface area contributed by atoms with Gasteiger partial charge in [0.15, 0.2) is 5.69 Å². The van der Waals surface area contributed by atoms with Crippen LogP contribution in [0.1, 0.15) is 79.4 Å². The van der Waals surface area contributed by atoms with Gasteiger partial charge in [0.1, 0.15) is 12.0 Å². The van der Waals surface area contributed by atoms with Crippen LogP contribution >= 0.6 is 0 Å². The predicted octanol–water partition coefficient (Wildman–Crippen LogP) is 5.21. The summed E-state index contributed by atoms with van der Waals surface area (Å²) in [5.74, 6) is 0.171. The first-order chi connectivity index (χ1) is 20.9. The van der Waals surface area contributed by atoms with Gasteiger partial charge in [-0.2, -0.15) is 0 Å². The lowest BCUT2D eigenvalue weighted by atomic mass is 10.0. The summed E-state index contributed by atoms with van der Waals surface area (Å²) in [5, 5.41) is 3.15. The number of hydrogen-bond acceptors (Lipinski definition) is 8. The fourth-order valence-corrected chi connectivity index (χ4v) is 4.54. The number of hydrogen-bond donors (Lipinski definition) is 1. The molecule has 0 saturated carbocycles. The average Bonchev–Trinajstić information content (AvgIpc) is 2.99. The number of nitrogens with zero attached hydrogens (tertiary/aromatic N) is 5. The summed E-state index contributed by atoms with van der Waals surface area (Å²) >= 11 is 0. The predicted molar refractivity (Wildman–Crippen MR) is 169 cm³/mol. The molecule has 0 spiro atoms. The SMILES string of the molecule is C=C1NC(=CC)C(C)=NC1=COC(=O)C1=CC(=[O+]Cc2nc(C)c(C)nc2[CH+]C)C(=[O+]C(C)c2nc(C)c(C)nc2C)C=C1. The highest BCUT2D eigenvalue weighted by atomic mass is 16.5. The Bertz CT molecular complexity index is 1740. The third-order valence-corrected chi connectivity index (χ3v) is 7.27. The zero-order valence-corrected chi connectivity index (χ0v) is 26.8. The van der Waals surface area contributed by atoms with Gasteiger partial charge in [0.25, 0.3) is 11.4 Å². The number of carbonyl (C=O) groups excluding carboxylic acids is 3. The molecule has 1 N–H and O–H groups in total. The molecule has 0 fully saturated rings. The molecule has 2 aliphatic rings. The van der Waals surface area contributed by atoms with Crippen LogP contribution in [-0.2, 0) is 25.0 Å². The summed E-state index contributed by atoms with van der Waals surface area (Å²) in [4.78, 5) is 36.3. The largest absolute Gasteiger partial charge is 0.449 e. The fourth-order valence-electron chi connectivity index (χ4n) is 4.54. The lowest BCUT2D eigenvalue weighted by Crippen LogP contribution is -2.24. The van der Waals surface area contributed by atoms with Crippen LogP contribution in [0.15, 0.2) is 64.8 Å². The van der Waals surface area contributed by atoms with E-state index < -0.39 is 12.1 Å². The molecule has 226 valence electrons. The molecule has 4 rings (SSSR count). The van der Waals surface area contributed by atoms with Crippen LogP contribution in [0.2, 0.25) is 0 Å². The average molecular weight is 596 g/mol. The highest BCUT2D eigenvalue weighted by Gasteiger charge is 2.37. The smallest absolute Gasteiger partial charge is 0.429 e. The monoisotopic (exact) mass is 595 g/mol. The first kappa shape index (κ1) is 31.9. The van der Waals surface area contributed by atoms with Gasteiger partial charge in [-0.15, -0.1) is 4.98 Å². The van der Waals surface area contributed by atoms with Gasteiger partial charge in [0.05, 0.1) is 69.7 Å². The minimum Gasteiger partial charge on any atom is -0.429 e. The van der Waals surface area contributed by atoms with E-state index in [1.165, 1.54) is 6.26 Å². The number of allylic oxidation sites excluding steroid dienone is 4. The number of nitrogens with one attached hydrogen (secondary N) is 1. The van der Waals surface area contributed by atoms with Crippen LogP contribution in [0.25, 0.3) is 0 Å². The number of carbonyl (C=O) groups is 1. The molecule has 0 aromatic carbocycles. The lowest BCUT2D eigenvalue weighted by molar-refractivity contribution is -0.510. The molecule has 1 aliphatic heterocycles. The normalized spacial score (nSPS) is 19.2. The molecular formula is C34H39N6O4+3. The van der Waals surface area contributed by atoms with E-state index in [0.717, 1.165) is 51.3 Å². The molecule has 1 atom stereocenters. The van der Waals surface area contributed by atoms with Crippen molar-refractivity contribution in [3.8, 4) is 0 Å². The number of ether oxygens (including phenoxy) is 1. The standard InChI is InChI=1S/C34H39N6O4/c1-11-27-22(7)39-29(23(8)38-27)16-43-34(41)26-13-14-31(44-25(10)33-24(9)35-18(3)21(6)40-33)32(15-26)42-17-30-28(12-2)36-19(4)20(5)37-30/h11-16,25,38H,8,17H2,1-7,9-10H3/q+3. The molecule has 1 aliphatic carbocycles. The molecule has 0 saturated heterocycles. The van der Waals surface area contributed by atoms with E-state index in [-0.39, 0.29) is 12.2 Å². The Morgan fingerprint density at radius 3 is 2.39 bits per heavy atom. The Kier molecular flexibility index (Phi) is 9.83. The second kappa shape index (κ2) is 13.5. The van der Waals surface area contributed by atoms with E-state index in [9.17, 15) is 4.79 Å². The maximum absolute atomic E-state index is 13.2. The molecule has 0 bridgehead atoms. The summed E-state index contributed by atoms with van der Waals surface area (Å²) in [6.07, 6.45) is 9.52. The first-order valence-corrected chi connectivity index (χ1v) is 14.4. The summed E-state index contributed by atoms with van der Waals surface area (Å²) < 4.78 is 18.1. The van der Waals surface area contributed by atoms with Crippen molar-refractivity contribution < 1.29 is 18.4 Å². The Morgan fingerprint density at radius 2 is 1.68 bits per heavy atom. The van der Waals surface area contributed by atoms with Crippen LogP contribution in [0.4, 0.5) is 0 Å². The van der Waals surface area contributed by atoms with Gasteiger partial charge >= 0.3 is 30.2 Å². The molecule has 0 radical (unpaired) electrons. The zero-order chi connectivity index (χ0) is 32.1. The molecule has 2 aromatic rings. The van der Waals surface area contributed by atoms with E-state index in [2.05, 4.69) is 31.8 Å². The van der Waals surface area contributed by atoms with Crippen LogP contribution in [-0.4, -0.2) is 43.2 Å². The molecule has 3 heterocycles. The molecule has 44 heavy (non-hydrogen) atoms. The third-order valence-electron chi connectivity index (χ3n) is 7.27. The second-order valence-corrected chi connectivity index (χ2v) is 10.5. The van der Waals surface area contributed by atoms with Crippen molar-refractivity contribution in [2.75, 3.05) is 0 Å². The number of rotatable bonds is 7. The van der Waals surface area contributed by atoms with Gasteiger partial charge in [0.2, 0.25) is 0 Å². The van der Waals surface area contributed by atoms with E-state index in [1.807, 2.05) is 74.8 Å². The summed E-state index contributed by atoms with van der Waals surface area (Å²) in [6.45, 7) is 21.2. The van der Waals surface area contributed by atoms with E-state index >= 15 is 0 Å². The fraction of sp³-hybridized carbons (Fsp3) is 0.324. The second-order valence-electron chi connectivity index (χ2n) is 10.5. The molecular weight excluding hydrogens is 556 g/mol. The minimum absolute atomic E-state index is 0.107. The van der Waals surface area contributed by atoms with Crippen molar-refractivity contribution in [1.29, 1.82) is 0 Å². The molecule has 2 aromatic heterocycles. The van der Waals surface area contributed by atoms with Crippen LogP contribution < -0.4 is 5.32 Å². The highest BCUT2D eigenvalue weighted by molar-refractivity contribution is 6.47. The van der Waals surface area contributed by atoms with E-state index in [1.54, 1.807) is 18.2 Å². The minimum atomic E-state index is -0.594. The van der Waals surface area contributed by atoms with Crippen molar-refractivity contribution in [2.24, 2.45) is 4.99 Å². The van der Waals surface area contributed by atoms with E-state index in [4.69, 9.17) is 18.6 Å². The third kappa shape index (κ3) is 7.14. The Hall–Kier alpha value is -4.99. The van der Waals surface area contributed by atoms with Crippen molar-refractivity contribution in [3.05, 3.63) is 112 Å². The topological polar surface area (TPSA) is 125 Å². The number of esters is 1. The summed E-state index contributed by atoms with van der Waals surface area (Å²) in [7, 11) is 0. The molecule has 0 amide bonds. The van der Waals surface area contributed by atoms with Crippen molar-refractivity contribution >= 4 is 23.2 Å². The van der Waals surface area contributed by atoms with Crippen LogP contribution in [0.5, 0.6) is 0 Å². The maximum atomic E-state index is 13.2.